The van der Waals surface area contributed by atoms with Gasteiger partial charge in [-0.3, -0.25) is 0 Å². The van der Waals surface area contributed by atoms with Crippen molar-refractivity contribution in [3.63, 3.8) is 0 Å². The maximum atomic E-state index is 6.70. The van der Waals surface area contributed by atoms with E-state index >= 15 is 0 Å². The van der Waals surface area contributed by atoms with E-state index in [2.05, 4.69) is 79.7 Å². The average Bonchev–Trinajstić information content (AvgIpc) is 3.24. The third kappa shape index (κ3) is 3.05. The molecule has 4 aromatic carbocycles. The van der Waals surface area contributed by atoms with Crippen molar-refractivity contribution in [3.8, 4) is 11.1 Å². The molecule has 0 unspecified atom stereocenters. The molecule has 4 aliphatic heterocycles. The lowest BCUT2D eigenvalue weighted by molar-refractivity contribution is 0.00578. The van der Waals surface area contributed by atoms with E-state index in [0.29, 0.717) is 0 Å². The van der Waals surface area contributed by atoms with E-state index in [1.807, 2.05) is 24.3 Å². The second-order valence-electron chi connectivity index (χ2n) is 13.4. The van der Waals surface area contributed by atoms with Crippen LogP contribution in [0.2, 0.25) is 0 Å². The minimum atomic E-state index is -0.529. The zero-order valence-electron chi connectivity index (χ0n) is 24.2. The molecule has 202 valence electrons. The van der Waals surface area contributed by atoms with Crippen LogP contribution in [-0.4, -0.2) is 36.6 Å². The second-order valence-corrected chi connectivity index (χ2v) is 13.4. The van der Waals surface area contributed by atoms with E-state index < -0.39 is 36.6 Å². The van der Waals surface area contributed by atoms with Gasteiger partial charge >= 0.3 is 14.2 Å². The Morgan fingerprint density at radius 2 is 0.825 bits per heavy atom. The molecule has 0 spiro atoms. The van der Waals surface area contributed by atoms with Crippen LogP contribution in [0.15, 0.2) is 57.4 Å². The predicted molar refractivity (Wildman–Crippen MR) is 160 cm³/mol. The highest BCUT2D eigenvalue weighted by atomic mass is 16.7. The average molecular weight is 534 g/mol. The quantitative estimate of drug-likeness (QED) is 0.141. The number of rotatable bonds is 2. The molecule has 0 amide bonds. The molecule has 4 heterocycles. The number of benzene rings is 4. The Labute approximate surface area is 233 Å². The molecule has 2 saturated heterocycles. The van der Waals surface area contributed by atoms with Crippen molar-refractivity contribution in [1.82, 2.24) is 0 Å². The van der Waals surface area contributed by atoms with Crippen LogP contribution >= 0.6 is 0 Å². The van der Waals surface area contributed by atoms with Gasteiger partial charge in [-0.2, -0.15) is 0 Å². The highest BCUT2D eigenvalue weighted by molar-refractivity contribution is 6.67. The Bertz CT molecular complexity index is 1770. The van der Waals surface area contributed by atoms with Crippen molar-refractivity contribution in [2.45, 2.75) is 77.8 Å². The first-order valence-corrected chi connectivity index (χ1v) is 14.0. The van der Waals surface area contributed by atoms with Crippen molar-refractivity contribution in [2.24, 2.45) is 0 Å². The van der Waals surface area contributed by atoms with Crippen molar-refractivity contribution >= 4 is 69.0 Å². The Balaban J connectivity index is 1.43. The van der Waals surface area contributed by atoms with Crippen LogP contribution in [0.1, 0.15) is 55.4 Å². The van der Waals surface area contributed by atoms with Crippen LogP contribution in [0.3, 0.4) is 0 Å². The third-order valence-electron chi connectivity index (χ3n) is 9.94. The first kappa shape index (κ1) is 24.7. The van der Waals surface area contributed by atoms with Gasteiger partial charge in [-0.25, -0.2) is 0 Å². The first-order chi connectivity index (χ1) is 18.8. The molecule has 0 saturated carbocycles. The highest BCUT2D eigenvalue weighted by Crippen LogP contribution is 2.48. The van der Waals surface area contributed by atoms with Crippen LogP contribution in [-0.2, 0) is 18.6 Å². The van der Waals surface area contributed by atoms with Crippen LogP contribution < -0.4 is 10.9 Å². The monoisotopic (exact) mass is 534 g/mol. The van der Waals surface area contributed by atoms with E-state index in [4.69, 9.17) is 27.5 Å². The van der Waals surface area contributed by atoms with Crippen molar-refractivity contribution < 1.29 is 27.5 Å². The molecule has 4 aromatic rings. The Morgan fingerprint density at radius 3 is 1.18 bits per heavy atom. The molecule has 8 heteroatoms. The Kier molecular flexibility index (Phi) is 4.59. The summed E-state index contributed by atoms with van der Waals surface area (Å²) in [6, 6.07) is 16.5. The van der Waals surface area contributed by atoms with Gasteiger partial charge in [0.2, 0.25) is 0 Å². The summed E-state index contributed by atoms with van der Waals surface area (Å²) in [6.07, 6.45) is 0. The van der Waals surface area contributed by atoms with Crippen LogP contribution in [0.25, 0.3) is 55.0 Å². The second kappa shape index (κ2) is 7.42. The van der Waals surface area contributed by atoms with Gasteiger partial charge in [0.05, 0.1) is 22.4 Å². The van der Waals surface area contributed by atoms with Crippen LogP contribution in [0, 0.1) is 0 Å². The summed E-state index contributed by atoms with van der Waals surface area (Å²) in [4.78, 5) is 0. The zero-order chi connectivity index (χ0) is 28.0. The largest absolute Gasteiger partial charge is 0.495 e. The normalized spacial score (nSPS) is 21.8. The maximum Gasteiger partial charge on any atom is 0.495 e. The van der Waals surface area contributed by atoms with Gasteiger partial charge < -0.3 is 27.5 Å². The summed E-state index contributed by atoms with van der Waals surface area (Å²) in [5.41, 5.74) is 5.23. The summed E-state index contributed by atoms with van der Waals surface area (Å²) < 4.78 is 39.4. The lowest BCUT2D eigenvalue weighted by atomic mass is 9.72. The van der Waals surface area contributed by atoms with Crippen molar-refractivity contribution in [3.05, 3.63) is 48.5 Å². The van der Waals surface area contributed by atoms with Gasteiger partial charge in [0.15, 0.2) is 0 Å². The minimum absolute atomic E-state index is 0.457. The van der Waals surface area contributed by atoms with Gasteiger partial charge in [-0.1, -0.05) is 24.3 Å². The smallest absolute Gasteiger partial charge is 0.456 e. The van der Waals surface area contributed by atoms with Gasteiger partial charge in [-0.05, 0) is 101 Å². The number of hydrogen-bond donors (Lipinski definition) is 0. The third-order valence-corrected chi connectivity index (χ3v) is 9.94. The molecule has 0 atom stereocenters. The molecule has 6 nitrogen and oxygen atoms in total. The van der Waals surface area contributed by atoms with Crippen LogP contribution in [0.4, 0.5) is 0 Å². The maximum absolute atomic E-state index is 6.70. The van der Waals surface area contributed by atoms with Gasteiger partial charge in [0.25, 0.3) is 0 Å². The molecule has 0 aromatic heterocycles. The fourth-order valence-electron chi connectivity index (χ4n) is 6.28. The molecular weight excluding hydrogens is 502 g/mol. The predicted octanol–water partition coefficient (Wildman–Crippen LogP) is 6.63. The molecule has 2 fully saturated rings. The number of hydrogen-bond acceptors (Lipinski definition) is 6. The van der Waals surface area contributed by atoms with Crippen molar-refractivity contribution in [2.75, 3.05) is 0 Å². The first-order valence-electron chi connectivity index (χ1n) is 14.0. The molecular formula is C32H32B2O6. The van der Waals surface area contributed by atoms with Gasteiger partial charge in [-0.15, -0.1) is 0 Å². The fourth-order valence-corrected chi connectivity index (χ4v) is 6.28. The molecule has 0 radical (unpaired) electrons. The standard InChI is InChI=1S/C32H32B2O6/c1-29(2)30(3,4)38-33(37-29)19-15-23-27-25-17(19)11-9-13-21(25)36-24-16-20(34-39-31(5,6)32(7,8)40-34)18-12-10-14-22(35-23)26(18)28(24)27/h9-16H,1-8H3. The van der Waals surface area contributed by atoms with E-state index in [0.717, 1.165) is 65.9 Å². The van der Waals surface area contributed by atoms with E-state index in [1.165, 1.54) is 0 Å². The molecule has 40 heavy (non-hydrogen) atoms. The van der Waals surface area contributed by atoms with E-state index in [-0.39, 0.29) is 0 Å². The minimum Gasteiger partial charge on any atom is -0.456 e. The molecule has 0 aliphatic carbocycles. The van der Waals surface area contributed by atoms with Gasteiger partial charge in [0, 0.05) is 21.9 Å². The lowest BCUT2D eigenvalue weighted by Crippen LogP contribution is -2.41. The summed E-state index contributed by atoms with van der Waals surface area (Å²) in [7, 11) is -1.06. The zero-order valence-corrected chi connectivity index (χ0v) is 24.2. The van der Waals surface area contributed by atoms with E-state index in [1.54, 1.807) is 0 Å². The summed E-state index contributed by atoms with van der Waals surface area (Å²) >= 11 is 0. The van der Waals surface area contributed by atoms with E-state index in [9.17, 15) is 0 Å². The van der Waals surface area contributed by atoms with Crippen LogP contribution in [0.5, 0.6) is 0 Å². The molecule has 0 N–H and O–H groups in total. The fraction of sp³-hybridized carbons (Fsp3) is 0.375. The van der Waals surface area contributed by atoms with Gasteiger partial charge in [0.1, 0.15) is 22.3 Å². The summed E-state index contributed by atoms with van der Waals surface area (Å²) in [5, 5.41) is 4.09. The summed E-state index contributed by atoms with van der Waals surface area (Å²) in [6.45, 7) is 16.6. The Morgan fingerprint density at radius 1 is 0.475 bits per heavy atom. The molecule has 0 bridgehead atoms. The highest BCUT2D eigenvalue weighted by Gasteiger charge is 2.53. The SMILES string of the molecule is CC1(C)OB(c2cc3oc4cccc5c(B6OC(C)(C)C(C)(C)O6)cc6oc7cccc2c7c3-c6c45)OC1(C)C. The lowest BCUT2D eigenvalue weighted by Gasteiger charge is -2.32. The van der Waals surface area contributed by atoms with Crippen molar-refractivity contribution in [1.29, 1.82) is 0 Å². The molecule has 4 aliphatic rings. The Hall–Kier alpha value is -3.03. The summed E-state index contributed by atoms with van der Waals surface area (Å²) in [5.74, 6) is 0. The topological polar surface area (TPSA) is 63.2 Å². The molecule has 8 rings (SSSR count).